The van der Waals surface area contributed by atoms with Crippen molar-refractivity contribution in [3.63, 3.8) is 0 Å². The van der Waals surface area contributed by atoms with Crippen LogP contribution in [0.3, 0.4) is 0 Å². The molecule has 0 aromatic heterocycles. The molecule has 0 spiro atoms. The van der Waals surface area contributed by atoms with Gasteiger partial charge in [-0.3, -0.25) is 9.59 Å². The fourth-order valence-corrected chi connectivity index (χ4v) is 2.39. The highest BCUT2D eigenvalue weighted by Gasteiger charge is 2.13. The standard InChI is InChI=1S/C19H18ClN3O4/c1-3-5-13-8-12(9-16(27-2)17(13)24)11-21-23-19(26)18(25)22-15-7-4-6-14(20)10-15/h3-4,6-11,24H,1,5H2,2H3,(H,22,25)(H,23,26)/b21-11+. The number of hydrogen-bond acceptors (Lipinski definition) is 5. The number of hydrazone groups is 1. The van der Waals surface area contributed by atoms with Crippen LogP contribution in [-0.4, -0.2) is 30.2 Å². The first-order chi connectivity index (χ1) is 12.9. The zero-order chi connectivity index (χ0) is 19.8. The molecule has 0 fully saturated rings. The van der Waals surface area contributed by atoms with Gasteiger partial charge in [-0.15, -0.1) is 6.58 Å². The van der Waals surface area contributed by atoms with Crippen molar-refractivity contribution in [2.45, 2.75) is 6.42 Å². The maximum atomic E-state index is 11.8. The molecule has 8 heteroatoms. The third-order valence-electron chi connectivity index (χ3n) is 3.43. The first-order valence-corrected chi connectivity index (χ1v) is 8.23. The van der Waals surface area contributed by atoms with E-state index in [0.29, 0.717) is 28.3 Å². The second kappa shape index (κ2) is 9.40. The number of methoxy groups -OCH3 is 1. The molecule has 0 atom stereocenters. The lowest BCUT2D eigenvalue weighted by atomic mass is 10.1. The van der Waals surface area contributed by atoms with Crippen LogP contribution in [0.2, 0.25) is 5.02 Å². The zero-order valence-electron chi connectivity index (χ0n) is 14.5. The van der Waals surface area contributed by atoms with E-state index in [-0.39, 0.29) is 11.5 Å². The van der Waals surface area contributed by atoms with Crippen molar-refractivity contribution in [3.05, 3.63) is 65.2 Å². The summed E-state index contributed by atoms with van der Waals surface area (Å²) < 4.78 is 5.11. The SMILES string of the molecule is C=CCc1cc(/C=N/NC(=O)C(=O)Nc2cccc(Cl)c2)cc(OC)c1O. The molecule has 0 aliphatic rings. The van der Waals surface area contributed by atoms with Gasteiger partial charge in [0, 0.05) is 16.3 Å². The summed E-state index contributed by atoms with van der Waals surface area (Å²) in [6, 6.07) is 9.62. The number of hydrogen-bond donors (Lipinski definition) is 3. The number of nitrogens with zero attached hydrogens (tertiary/aromatic N) is 1. The molecule has 0 saturated heterocycles. The monoisotopic (exact) mass is 387 g/mol. The molecule has 7 nitrogen and oxygen atoms in total. The van der Waals surface area contributed by atoms with Crippen molar-refractivity contribution >= 4 is 35.3 Å². The van der Waals surface area contributed by atoms with E-state index in [9.17, 15) is 14.7 Å². The number of nitrogens with one attached hydrogen (secondary N) is 2. The molecule has 2 rings (SSSR count). The number of rotatable bonds is 6. The number of amides is 2. The molecule has 3 N–H and O–H groups in total. The molecular formula is C19H18ClN3O4. The number of ether oxygens (including phenoxy) is 1. The van der Waals surface area contributed by atoms with Crippen LogP contribution < -0.4 is 15.5 Å². The molecule has 0 saturated carbocycles. The molecule has 0 aliphatic carbocycles. The van der Waals surface area contributed by atoms with E-state index in [1.807, 2.05) is 0 Å². The van der Waals surface area contributed by atoms with Gasteiger partial charge in [-0.05, 0) is 42.3 Å². The van der Waals surface area contributed by atoms with Gasteiger partial charge in [0.1, 0.15) is 0 Å². The van der Waals surface area contributed by atoms with Crippen LogP contribution in [0.1, 0.15) is 11.1 Å². The summed E-state index contributed by atoms with van der Waals surface area (Å²) in [7, 11) is 1.43. The normalized spacial score (nSPS) is 10.4. The topological polar surface area (TPSA) is 100 Å². The van der Waals surface area contributed by atoms with Crippen LogP contribution in [0.15, 0.2) is 54.2 Å². The summed E-state index contributed by atoms with van der Waals surface area (Å²) in [5.41, 5.74) is 3.68. The molecule has 0 radical (unpaired) electrons. The molecule has 0 heterocycles. The van der Waals surface area contributed by atoms with Gasteiger partial charge in [0.15, 0.2) is 11.5 Å². The lowest BCUT2D eigenvalue weighted by molar-refractivity contribution is -0.136. The predicted molar refractivity (Wildman–Crippen MR) is 104 cm³/mol. The summed E-state index contributed by atoms with van der Waals surface area (Å²) in [5.74, 6) is -1.55. The Morgan fingerprint density at radius 2 is 2.07 bits per heavy atom. The van der Waals surface area contributed by atoms with E-state index >= 15 is 0 Å². The van der Waals surface area contributed by atoms with E-state index < -0.39 is 11.8 Å². The summed E-state index contributed by atoms with van der Waals surface area (Å²) in [6.45, 7) is 3.63. The minimum Gasteiger partial charge on any atom is -0.504 e. The van der Waals surface area contributed by atoms with Gasteiger partial charge in [-0.25, -0.2) is 5.43 Å². The highest BCUT2D eigenvalue weighted by Crippen LogP contribution is 2.31. The number of phenolic OH excluding ortho intramolecular Hbond substituents is 1. The first-order valence-electron chi connectivity index (χ1n) is 7.85. The Bertz CT molecular complexity index is 897. The van der Waals surface area contributed by atoms with Gasteiger partial charge in [-0.2, -0.15) is 5.10 Å². The Kier molecular flexibility index (Phi) is 6.96. The number of carbonyl (C=O) groups is 2. The van der Waals surface area contributed by atoms with Crippen LogP contribution in [-0.2, 0) is 16.0 Å². The maximum Gasteiger partial charge on any atom is 0.329 e. The Morgan fingerprint density at radius 1 is 1.30 bits per heavy atom. The fraction of sp³-hybridized carbons (Fsp3) is 0.105. The minimum atomic E-state index is -0.941. The van der Waals surface area contributed by atoms with Crippen molar-refractivity contribution in [2.24, 2.45) is 5.10 Å². The lowest BCUT2D eigenvalue weighted by Gasteiger charge is -2.09. The van der Waals surface area contributed by atoms with Gasteiger partial charge in [0.25, 0.3) is 0 Å². The van der Waals surface area contributed by atoms with Gasteiger partial charge >= 0.3 is 11.8 Å². The van der Waals surface area contributed by atoms with Crippen molar-refractivity contribution < 1.29 is 19.4 Å². The molecule has 0 bridgehead atoms. The quantitative estimate of drug-likeness (QED) is 0.307. The molecular weight excluding hydrogens is 370 g/mol. The average Bonchev–Trinajstić information content (AvgIpc) is 2.64. The number of allylic oxidation sites excluding steroid dienone is 1. The van der Waals surface area contributed by atoms with Crippen LogP contribution >= 0.6 is 11.6 Å². The van der Waals surface area contributed by atoms with Gasteiger partial charge in [0.05, 0.1) is 13.3 Å². The molecule has 140 valence electrons. The molecule has 2 aromatic carbocycles. The van der Waals surface area contributed by atoms with Gasteiger partial charge in [-0.1, -0.05) is 23.7 Å². The number of aromatic hydroxyl groups is 1. The van der Waals surface area contributed by atoms with Crippen molar-refractivity contribution in [1.29, 1.82) is 0 Å². The number of phenols is 1. The van der Waals surface area contributed by atoms with E-state index in [1.54, 1.807) is 36.4 Å². The summed E-state index contributed by atoms with van der Waals surface area (Å²) in [5, 5.41) is 16.6. The second-order valence-corrected chi connectivity index (χ2v) is 5.82. The summed E-state index contributed by atoms with van der Waals surface area (Å²) in [4.78, 5) is 23.7. The molecule has 27 heavy (non-hydrogen) atoms. The van der Waals surface area contributed by atoms with Crippen molar-refractivity contribution in [2.75, 3.05) is 12.4 Å². The molecule has 2 amide bonds. The van der Waals surface area contributed by atoms with Gasteiger partial charge in [0.2, 0.25) is 0 Å². The van der Waals surface area contributed by atoms with E-state index in [2.05, 4.69) is 22.4 Å². The number of benzene rings is 2. The minimum absolute atomic E-state index is 0.0134. The van der Waals surface area contributed by atoms with E-state index in [0.717, 1.165) is 0 Å². The van der Waals surface area contributed by atoms with E-state index in [1.165, 1.54) is 19.4 Å². The third-order valence-corrected chi connectivity index (χ3v) is 3.66. The summed E-state index contributed by atoms with van der Waals surface area (Å²) >= 11 is 5.82. The van der Waals surface area contributed by atoms with E-state index in [4.69, 9.17) is 16.3 Å². The Morgan fingerprint density at radius 3 is 2.74 bits per heavy atom. The highest BCUT2D eigenvalue weighted by molar-refractivity contribution is 6.39. The smallest absolute Gasteiger partial charge is 0.329 e. The lowest BCUT2D eigenvalue weighted by Crippen LogP contribution is -2.32. The third kappa shape index (κ3) is 5.58. The largest absolute Gasteiger partial charge is 0.504 e. The first kappa shape index (κ1) is 20.0. The molecule has 0 aliphatic heterocycles. The van der Waals surface area contributed by atoms with Crippen molar-refractivity contribution in [3.8, 4) is 11.5 Å². The second-order valence-electron chi connectivity index (χ2n) is 5.39. The zero-order valence-corrected chi connectivity index (χ0v) is 15.3. The highest BCUT2D eigenvalue weighted by atomic mass is 35.5. The maximum absolute atomic E-state index is 11.8. The van der Waals surface area contributed by atoms with Crippen molar-refractivity contribution in [1.82, 2.24) is 5.43 Å². The molecule has 0 unspecified atom stereocenters. The predicted octanol–water partition coefficient (Wildman–Crippen LogP) is 2.87. The number of carbonyl (C=O) groups excluding carboxylic acids is 2. The molecule has 2 aromatic rings. The Balaban J connectivity index is 2.03. The van der Waals surface area contributed by atoms with Crippen LogP contribution in [0, 0.1) is 0 Å². The van der Waals surface area contributed by atoms with Crippen LogP contribution in [0.25, 0.3) is 0 Å². The number of anilines is 1. The average molecular weight is 388 g/mol. The fourth-order valence-electron chi connectivity index (χ4n) is 2.20. The van der Waals surface area contributed by atoms with Gasteiger partial charge < -0.3 is 15.2 Å². The summed E-state index contributed by atoms with van der Waals surface area (Å²) in [6.07, 6.45) is 3.40. The number of halogens is 1. The van der Waals surface area contributed by atoms with Crippen LogP contribution in [0.4, 0.5) is 5.69 Å². The van der Waals surface area contributed by atoms with Crippen LogP contribution in [0.5, 0.6) is 11.5 Å². The Labute approximate surface area is 161 Å². The Hall–Kier alpha value is -3.32.